The first-order chi connectivity index (χ1) is 18.8. The third-order valence-electron chi connectivity index (χ3n) is 6.97. The highest BCUT2D eigenvalue weighted by Crippen LogP contribution is 2.31. The average Bonchev–Trinajstić information content (AvgIpc) is 3.56. The van der Waals surface area contributed by atoms with Gasteiger partial charge >= 0.3 is 5.97 Å². The fraction of sp³-hybridized carbons (Fsp3) is 0.357. The molecule has 1 aliphatic heterocycles. The molecule has 11 heteroatoms. The molecule has 0 aromatic carbocycles. The Labute approximate surface area is 226 Å². The van der Waals surface area contributed by atoms with Crippen LogP contribution in [0.25, 0.3) is 17.1 Å². The summed E-state index contributed by atoms with van der Waals surface area (Å²) in [5, 5.41) is 20.9. The highest BCUT2D eigenvalue weighted by molar-refractivity contribution is 6.02. The Bertz CT molecular complexity index is 1470. The molecule has 0 spiro atoms. The van der Waals surface area contributed by atoms with Gasteiger partial charge in [0.25, 0.3) is 5.91 Å². The van der Waals surface area contributed by atoms with Gasteiger partial charge < -0.3 is 15.3 Å². The van der Waals surface area contributed by atoms with Crippen LogP contribution in [0.4, 0.5) is 5.82 Å². The molecular formula is C28H32N8O3. The van der Waals surface area contributed by atoms with Gasteiger partial charge in [-0.1, -0.05) is 12.1 Å². The van der Waals surface area contributed by atoms with E-state index < -0.39 is 5.97 Å². The number of carbonyl (C=O) groups is 2. The largest absolute Gasteiger partial charge is 0.480 e. The number of carboxylic acids is 1. The number of hydrogen-bond donors (Lipinski definition) is 2. The minimum atomic E-state index is -0.991. The number of likely N-dealkylation sites (tertiary alicyclic amines) is 1. The Morgan fingerprint density at radius 2 is 1.92 bits per heavy atom. The predicted molar refractivity (Wildman–Crippen MR) is 146 cm³/mol. The Hall–Kier alpha value is -4.38. The monoisotopic (exact) mass is 528 g/mol. The van der Waals surface area contributed by atoms with Crippen molar-refractivity contribution in [3.8, 4) is 17.1 Å². The molecule has 0 atom stereocenters. The zero-order chi connectivity index (χ0) is 27.5. The van der Waals surface area contributed by atoms with E-state index in [9.17, 15) is 9.59 Å². The van der Waals surface area contributed by atoms with Crippen LogP contribution in [0.15, 0.2) is 55.0 Å². The normalized spacial score (nSPS) is 14.6. The first-order valence-corrected chi connectivity index (χ1v) is 13.1. The SMILES string of the molecule is Cc1ccc(-n2nc(C3CCN(C(C)C)CC3)cc2NC(=O)c2cccc(-c3cnn(CC(=O)O)c3)n2)nc1. The number of amides is 1. The number of nitrogens with zero attached hydrogens (tertiary/aromatic N) is 7. The Balaban J connectivity index is 1.40. The van der Waals surface area contributed by atoms with Crippen molar-refractivity contribution in [3.63, 3.8) is 0 Å². The van der Waals surface area contributed by atoms with Crippen LogP contribution in [0.5, 0.6) is 0 Å². The molecule has 202 valence electrons. The zero-order valence-electron chi connectivity index (χ0n) is 22.3. The van der Waals surface area contributed by atoms with Gasteiger partial charge in [-0.2, -0.15) is 14.9 Å². The van der Waals surface area contributed by atoms with Gasteiger partial charge in [-0.15, -0.1) is 0 Å². The summed E-state index contributed by atoms with van der Waals surface area (Å²) in [4.78, 5) is 35.8. The molecule has 4 aromatic heterocycles. The molecule has 39 heavy (non-hydrogen) atoms. The molecule has 5 rings (SSSR count). The van der Waals surface area contributed by atoms with E-state index in [1.54, 1.807) is 35.3 Å². The molecule has 1 fully saturated rings. The van der Waals surface area contributed by atoms with E-state index in [4.69, 9.17) is 10.2 Å². The van der Waals surface area contributed by atoms with E-state index >= 15 is 0 Å². The van der Waals surface area contributed by atoms with Crippen molar-refractivity contribution in [3.05, 3.63) is 71.9 Å². The quantitative estimate of drug-likeness (QED) is 0.353. The van der Waals surface area contributed by atoms with Gasteiger partial charge in [0.05, 0.1) is 17.6 Å². The van der Waals surface area contributed by atoms with Gasteiger partial charge in [-0.3, -0.25) is 14.3 Å². The summed E-state index contributed by atoms with van der Waals surface area (Å²) in [6.45, 7) is 8.18. The number of pyridine rings is 2. The van der Waals surface area contributed by atoms with Gasteiger partial charge in [0.1, 0.15) is 18.1 Å². The number of hydrogen-bond acceptors (Lipinski definition) is 7. The number of carboxylic acid groups (broad SMARTS) is 1. The lowest BCUT2D eigenvalue weighted by molar-refractivity contribution is -0.137. The van der Waals surface area contributed by atoms with Crippen molar-refractivity contribution < 1.29 is 14.7 Å². The second-order valence-electron chi connectivity index (χ2n) is 10.1. The number of carbonyl (C=O) groups excluding carboxylic acids is 1. The predicted octanol–water partition coefficient (Wildman–Crippen LogP) is 3.76. The lowest BCUT2D eigenvalue weighted by atomic mass is 9.93. The first-order valence-electron chi connectivity index (χ1n) is 13.1. The van der Waals surface area contributed by atoms with Crippen molar-refractivity contribution in [2.45, 2.75) is 52.1 Å². The molecule has 1 amide bonds. The molecule has 0 aliphatic carbocycles. The summed E-state index contributed by atoms with van der Waals surface area (Å²) in [6, 6.07) is 11.4. The molecule has 0 saturated carbocycles. The summed E-state index contributed by atoms with van der Waals surface area (Å²) in [5.74, 6) is 0.0686. The Morgan fingerprint density at radius 3 is 2.62 bits per heavy atom. The third kappa shape index (κ3) is 6.04. The van der Waals surface area contributed by atoms with Gasteiger partial charge in [-0.25, -0.2) is 9.97 Å². The number of rotatable bonds is 8. The van der Waals surface area contributed by atoms with Crippen molar-refractivity contribution in [1.29, 1.82) is 0 Å². The number of aromatic nitrogens is 6. The van der Waals surface area contributed by atoms with Crippen LogP contribution < -0.4 is 5.32 Å². The second kappa shape index (κ2) is 11.2. The van der Waals surface area contributed by atoms with E-state index in [2.05, 4.69) is 39.1 Å². The minimum Gasteiger partial charge on any atom is -0.480 e. The smallest absolute Gasteiger partial charge is 0.325 e. The molecule has 1 saturated heterocycles. The van der Waals surface area contributed by atoms with E-state index in [1.807, 2.05) is 25.1 Å². The van der Waals surface area contributed by atoms with Crippen LogP contribution in [0, 0.1) is 6.92 Å². The lowest BCUT2D eigenvalue weighted by Crippen LogP contribution is -2.37. The maximum Gasteiger partial charge on any atom is 0.325 e. The topological polar surface area (TPSA) is 131 Å². The lowest BCUT2D eigenvalue weighted by Gasteiger charge is -2.33. The Morgan fingerprint density at radius 1 is 1.13 bits per heavy atom. The van der Waals surface area contributed by atoms with E-state index in [1.165, 1.54) is 10.9 Å². The van der Waals surface area contributed by atoms with E-state index in [-0.39, 0.29) is 18.1 Å². The second-order valence-corrected chi connectivity index (χ2v) is 10.1. The van der Waals surface area contributed by atoms with Crippen LogP contribution in [0.3, 0.4) is 0 Å². The maximum atomic E-state index is 13.3. The molecule has 0 radical (unpaired) electrons. The van der Waals surface area contributed by atoms with Gasteiger partial charge in [-0.05, 0) is 70.5 Å². The maximum absolute atomic E-state index is 13.3. The Kier molecular flexibility index (Phi) is 7.51. The minimum absolute atomic E-state index is 0.217. The highest BCUT2D eigenvalue weighted by Gasteiger charge is 2.26. The van der Waals surface area contributed by atoms with Crippen LogP contribution in [-0.4, -0.2) is 70.5 Å². The summed E-state index contributed by atoms with van der Waals surface area (Å²) in [6.07, 6.45) is 6.90. The van der Waals surface area contributed by atoms with Crippen molar-refractivity contribution >= 4 is 17.7 Å². The number of anilines is 1. The van der Waals surface area contributed by atoms with Crippen LogP contribution >= 0.6 is 0 Å². The summed E-state index contributed by atoms with van der Waals surface area (Å²) in [5.41, 5.74) is 3.32. The van der Waals surface area contributed by atoms with Gasteiger partial charge in [0, 0.05) is 36.0 Å². The third-order valence-corrected chi connectivity index (χ3v) is 6.97. The van der Waals surface area contributed by atoms with E-state index in [0.717, 1.165) is 37.2 Å². The molecule has 0 bridgehead atoms. The molecule has 5 heterocycles. The van der Waals surface area contributed by atoms with Gasteiger partial charge in [0.2, 0.25) is 0 Å². The first kappa shape index (κ1) is 26.2. The van der Waals surface area contributed by atoms with E-state index in [0.29, 0.717) is 34.9 Å². The fourth-order valence-electron chi connectivity index (χ4n) is 4.78. The summed E-state index contributed by atoms with van der Waals surface area (Å²) < 4.78 is 2.99. The van der Waals surface area contributed by atoms with Crippen LogP contribution in [-0.2, 0) is 11.3 Å². The summed E-state index contributed by atoms with van der Waals surface area (Å²) in [7, 11) is 0. The van der Waals surface area contributed by atoms with Crippen molar-refractivity contribution in [1.82, 2.24) is 34.4 Å². The van der Waals surface area contributed by atoms with Crippen molar-refractivity contribution in [2.24, 2.45) is 0 Å². The molecular weight excluding hydrogens is 496 g/mol. The highest BCUT2D eigenvalue weighted by atomic mass is 16.4. The van der Waals surface area contributed by atoms with Gasteiger partial charge in [0.15, 0.2) is 5.82 Å². The average molecular weight is 529 g/mol. The standard InChI is InChI=1S/C28H32N8O3/c1-18(2)34-11-9-20(10-12-34)24-13-26(36(33-24)25-8-7-19(3)14-29-25)32-28(39)23-6-4-5-22(31-23)21-15-30-35(16-21)17-27(37)38/h4-8,13-16,18,20H,9-12,17H2,1-3H3,(H,32,39)(H,37,38). The summed E-state index contributed by atoms with van der Waals surface area (Å²) >= 11 is 0. The van der Waals surface area contributed by atoms with Crippen molar-refractivity contribution in [2.75, 3.05) is 18.4 Å². The number of nitrogens with one attached hydrogen (secondary N) is 1. The molecule has 11 nitrogen and oxygen atoms in total. The zero-order valence-corrected chi connectivity index (χ0v) is 22.3. The molecule has 0 unspecified atom stereocenters. The van der Waals surface area contributed by atoms with Crippen LogP contribution in [0.2, 0.25) is 0 Å². The molecule has 1 aliphatic rings. The fourth-order valence-corrected chi connectivity index (χ4v) is 4.78. The number of piperidine rings is 1. The number of aryl methyl sites for hydroxylation is 1. The number of aliphatic carboxylic acids is 1. The molecule has 2 N–H and O–H groups in total. The van der Waals surface area contributed by atoms with Crippen LogP contribution in [0.1, 0.15) is 54.4 Å². The molecule has 4 aromatic rings.